The molecule has 0 bridgehead atoms. The molecule has 1 heterocycles. The van der Waals surface area contributed by atoms with Gasteiger partial charge in [-0.25, -0.2) is 4.99 Å². The van der Waals surface area contributed by atoms with E-state index in [4.69, 9.17) is 15.2 Å². The first-order valence-corrected chi connectivity index (χ1v) is 9.13. The van der Waals surface area contributed by atoms with Gasteiger partial charge in [-0.2, -0.15) is 8.78 Å². The first kappa shape index (κ1) is 21.2. The fourth-order valence-corrected chi connectivity index (χ4v) is 2.75. The monoisotopic (exact) mass is 386 g/mol. The SMILES string of the molecule is CCOc1cccc(CN=C(N)NCCCN2CCOCC2)c1OC(F)F. The Morgan fingerprint density at radius 1 is 1.37 bits per heavy atom. The number of nitrogens with zero attached hydrogens (tertiary/aromatic N) is 2. The van der Waals surface area contributed by atoms with Crippen LogP contribution in [0, 0.1) is 0 Å². The Kier molecular flexibility index (Phi) is 9.06. The van der Waals surface area contributed by atoms with E-state index < -0.39 is 6.61 Å². The molecule has 1 aliphatic heterocycles. The largest absolute Gasteiger partial charge is 0.490 e. The van der Waals surface area contributed by atoms with Crippen LogP contribution in [0.25, 0.3) is 0 Å². The van der Waals surface area contributed by atoms with Crippen LogP contribution >= 0.6 is 0 Å². The number of guanidine groups is 1. The molecule has 9 heteroatoms. The van der Waals surface area contributed by atoms with Gasteiger partial charge in [0.15, 0.2) is 17.5 Å². The van der Waals surface area contributed by atoms with Crippen molar-refractivity contribution in [2.45, 2.75) is 26.5 Å². The summed E-state index contributed by atoms with van der Waals surface area (Å²) in [7, 11) is 0. The zero-order valence-corrected chi connectivity index (χ0v) is 15.6. The van der Waals surface area contributed by atoms with Gasteiger partial charge >= 0.3 is 6.61 Å². The Balaban J connectivity index is 1.84. The lowest BCUT2D eigenvalue weighted by Crippen LogP contribution is -2.39. The molecule has 152 valence electrons. The van der Waals surface area contributed by atoms with Crippen molar-refractivity contribution in [3.05, 3.63) is 23.8 Å². The van der Waals surface area contributed by atoms with E-state index in [1.165, 1.54) is 0 Å². The highest BCUT2D eigenvalue weighted by Gasteiger charge is 2.15. The molecular formula is C18H28F2N4O3. The van der Waals surface area contributed by atoms with E-state index in [1.54, 1.807) is 25.1 Å². The third kappa shape index (κ3) is 7.56. The average molecular weight is 386 g/mol. The van der Waals surface area contributed by atoms with Crippen LogP contribution in [0.4, 0.5) is 8.78 Å². The highest BCUT2D eigenvalue weighted by atomic mass is 19.3. The minimum atomic E-state index is -2.94. The quantitative estimate of drug-likeness (QED) is 0.363. The fourth-order valence-electron chi connectivity index (χ4n) is 2.75. The summed E-state index contributed by atoms with van der Waals surface area (Å²) in [6, 6.07) is 4.96. The summed E-state index contributed by atoms with van der Waals surface area (Å²) in [5.41, 5.74) is 6.36. The maximum atomic E-state index is 12.7. The molecule has 0 unspecified atom stereocenters. The molecule has 0 spiro atoms. The normalized spacial score (nSPS) is 15.8. The van der Waals surface area contributed by atoms with Gasteiger partial charge in [-0.3, -0.25) is 4.90 Å². The number of rotatable bonds is 10. The topological polar surface area (TPSA) is 81.3 Å². The highest BCUT2D eigenvalue weighted by molar-refractivity contribution is 5.77. The Hall–Kier alpha value is -2.13. The summed E-state index contributed by atoms with van der Waals surface area (Å²) in [4.78, 5) is 6.56. The van der Waals surface area contributed by atoms with Gasteiger partial charge in [-0.05, 0) is 26.0 Å². The number of nitrogens with one attached hydrogen (secondary N) is 1. The molecule has 0 aliphatic carbocycles. The summed E-state index contributed by atoms with van der Waals surface area (Å²) in [5, 5.41) is 3.04. The third-order valence-electron chi connectivity index (χ3n) is 4.05. The van der Waals surface area contributed by atoms with E-state index in [2.05, 4.69) is 19.9 Å². The second-order valence-electron chi connectivity index (χ2n) is 5.99. The van der Waals surface area contributed by atoms with Crippen molar-refractivity contribution in [2.75, 3.05) is 46.0 Å². The molecule has 1 aliphatic rings. The minimum absolute atomic E-state index is 0.00165. The number of ether oxygens (including phenoxy) is 3. The first-order chi connectivity index (χ1) is 13.1. The Bertz CT molecular complexity index is 596. The summed E-state index contributed by atoms with van der Waals surface area (Å²) in [5.74, 6) is 0.530. The lowest BCUT2D eigenvalue weighted by atomic mass is 10.2. The van der Waals surface area contributed by atoms with E-state index in [0.29, 0.717) is 18.7 Å². The first-order valence-electron chi connectivity index (χ1n) is 9.13. The second-order valence-corrected chi connectivity index (χ2v) is 5.99. The van der Waals surface area contributed by atoms with Crippen LogP contribution in [0.15, 0.2) is 23.2 Å². The van der Waals surface area contributed by atoms with Crippen molar-refractivity contribution in [3.8, 4) is 11.5 Å². The van der Waals surface area contributed by atoms with Crippen LogP contribution in [0.1, 0.15) is 18.9 Å². The molecule has 2 rings (SSSR count). The zero-order chi connectivity index (χ0) is 19.5. The van der Waals surface area contributed by atoms with E-state index >= 15 is 0 Å². The van der Waals surface area contributed by atoms with E-state index in [0.717, 1.165) is 39.3 Å². The number of benzene rings is 1. The molecule has 1 fully saturated rings. The van der Waals surface area contributed by atoms with Gasteiger partial charge < -0.3 is 25.3 Å². The van der Waals surface area contributed by atoms with Crippen molar-refractivity contribution in [1.29, 1.82) is 0 Å². The van der Waals surface area contributed by atoms with Gasteiger partial charge in [0.1, 0.15) is 0 Å². The molecule has 1 aromatic rings. The minimum Gasteiger partial charge on any atom is -0.490 e. The second kappa shape index (κ2) is 11.6. The number of para-hydroxylation sites is 1. The molecule has 0 saturated carbocycles. The number of aliphatic imine (C=N–C) groups is 1. The van der Waals surface area contributed by atoms with Gasteiger partial charge in [-0.1, -0.05) is 12.1 Å². The number of morpholine rings is 1. The number of alkyl halides is 2. The highest BCUT2D eigenvalue weighted by Crippen LogP contribution is 2.33. The Morgan fingerprint density at radius 3 is 2.85 bits per heavy atom. The Labute approximate surface area is 158 Å². The van der Waals surface area contributed by atoms with Crippen LogP contribution in [0.3, 0.4) is 0 Å². The Morgan fingerprint density at radius 2 is 2.15 bits per heavy atom. The lowest BCUT2D eigenvalue weighted by molar-refractivity contribution is -0.0520. The van der Waals surface area contributed by atoms with Gasteiger partial charge in [0.05, 0.1) is 26.4 Å². The van der Waals surface area contributed by atoms with E-state index in [-0.39, 0.29) is 24.0 Å². The van der Waals surface area contributed by atoms with Crippen LogP contribution in [0.5, 0.6) is 11.5 Å². The predicted octanol–water partition coefficient (Wildman–Crippen LogP) is 1.81. The van der Waals surface area contributed by atoms with Crippen molar-refractivity contribution >= 4 is 5.96 Å². The molecule has 1 aromatic carbocycles. The number of hydrogen-bond donors (Lipinski definition) is 2. The molecule has 0 radical (unpaired) electrons. The molecule has 7 nitrogen and oxygen atoms in total. The maximum Gasteiger partial charge on any atom is 0.387 e. The van der Waals surface area contributed by atoms with Crippen LogP contribution < -0.4 is 20.5 Å². The summed E-state index contributed by atoms with van der Waals surface area (Å²) in [6.45, 7) is 4.41. The fraction of sp³-hybridized carbons (Fsp3) is 0.611. The number of halogens is 2. The average Bonchev–Trinajstić information content (AvgIpc) is 2.66. The smallest absolute Gasteiger partial charge is 0.387 e. The lowest BCUT2D eigenvalue weighted by Gasteiger charge is -2.26. The van der Waals surface area contributed by atoms with Gasteiger partial charge in [0.25, 0.3) is 0 Å². The van der Waals surface area contributed by atoms with Crippen molar-refractivity contribution < 1.29 is 23.0 Å². The summed E-state index contributed by atoms with van der Waals surface area (Å²) < 4.78 is 40.7. The molecule has 27 heavy (non-hydrogen) atoms. The van der Waals surface area contributed by atoms with Gasteiger partial charge in [0.2, 0.25) is 0 Å². The van der Waals surface area contributed by atoms with Gasteiger partial charge in [0, 0.05) is 25.2 Å². The van der Waals surface area contributed by atoms with Crippen molar-refractivity contribution in [2.24, 2.45) is 10.7 Å². The molecular weight excluding hydrogens is 358 g/mol. The standard InChI is InChI=1S/C18H28F2N4O3/c1-2-26-15-6-3-5-14(16(15)27-17(19)20)13-23-18(21)22-7-4-8-24-9-11-25-12-10-24/h3,5-6,17H,2,4,7-13H2,1H3,(H3,21,22,23). The van der Waals surface area contributed by atoms with Crippen LogP contribution in [-0.2, 0) is 11.3 Å². The van der Waals surface area contributed by atoms with E-state index in [1.807, 2.05) is 0 Å². The molecule has 1 saturated heterocycles. The molecule has 0 aromatic heterocycles. The van der Waals surface area contributed by atoms with Crippen LogP contribution in [0.2, 0.25) is 0 Å². The van der Waals surface area contributed by atoms with Crippen molar-refractivity contribution in [1.82, 2.24) is 10.2 Å². The van der Waals surface area contributed by atoms with E-state index in [9.17, 15) is 8.78 Å². The number of nitrogens with two attached hydrogens (primary N) is 1. The summed E-state index contributed by atoms with van der Waals surface area (Å²) in [6.07, 6.45) is 0.926. The number of hydrogen-bond acceptors (Lipinski definition) is 5. The van der Waals surface area contributed by atoms with Gasteiger partial charge in [-0.15, -0.1) is 0 Å². The third-order valence-corrected chi connectivity index (χ3v) is 4.05. The molecule has 0 amide bonds. The van der Waals surface area contributed by atoms with Crippen LogP contribution in [-0.4, -0.2) is 63.5 Å². The van der Waals surface area contributed by atoms with Crippen molar-refractivity contribution in [3.63, 3.8) is 0 Å². The zero-order valence-electron chi connectivity index (χ0n) is 15.6. The molecule has 0 atom stereocenters. The summed E-state index contributed by atoms with van der Waals surface area (Å²) >= 11 is 0. The predicted molar refractivity (Wildman–Crippen MR) is 99.4 cm³/mol. The maximum absolute atomic E-state index is 12.7. The molecule has 3 N–H and O–H groups in total.